The molecule has 2 N–H and O–H groups in total. The topological polar surface area (TPSA) is 81.7 Å². The lowest BCUT2D eigenvalue weighted by Gasteiger charge is -2.40. The fraction of sp³-hybridized carbons (Fsp3) is 0.583. The second-order valence-electron chi connectivity index (χ2n) is 9.96. The minimum Gasteiger partial charge on any atom is -0.576 e. The number of rotatable bonds is 3. The summed E-state index contributed by atoms with van der Waals surface area (Å²) in [5, 5.41) is 11.7. The molecule has 5 rings (SSSR count). The molecule has 1 aromatic heterocycles. The maximum atomic E-state index is 13.8. The van der Waals surface area contributed by atoms with Crippen LogP contribution in [-0.2, 0) is 30.5 Å². The summed E-state index contributed by atoms with van der Waals surface area (Å²) in [6.07, 6.45) is -1.53. The first kappa shape index (κ1) is 23.0. The summed E-state index contributed by atoms with van der Waals surface area (Å²) in [7, 11) is 0. The van der Waals surface area contributed by atoms with Gasteiger partial charge in [0.25, 0.3) is 0 Å². The second-order valence-corrected chi connectivity index (χ2v) is 9.96. The zero-order chi connectivity index (χ0) is 24.3. The first-order valence-corrected chi connectivity index (χ1v) is 11.6. The summed E-state index contributed by atoms with van der Waals surface area (Å²) >= 11 is 0. The van der Waals surface area contributed by atoms with Crippen molar-refractivity contribution in [2.75, 3.05) is 13.3 Å². The molecule has 34 heavy (non-hydrogen) atoms. The highest BCUT2D eigenvalue weighted by atomic mass is 19.4. The third-order valence-electron chi connectivity index (χ3n) is 7.84. The molecule has 1 amide bonds. The van der Waals surface area contributed by atoms with Crippen LogP contribution in [0.2, 0.25) is 0 Å². The molecule has 1 saturated carbocycles. The van der Waals surface area contributed by atoms with Crippen LogP contribution in [0.4, 0.5) is 13.2 Å². The van der Waals surface area contributed by atoms with Crippen molar-refractivity contribution in [3.05, 3.63) is 40.6 Å². The van der Waals surface area contributed by atoms with Crippen molar-refractivity contribution in [3.8, 4) is 11.6 Å². The van der Waals surface area contributed by atoms with Gasteiger partial charge in [-0.2, -0.15) is 13.2 Å². The number of hydrogen-bond donors (Lipinski definition) is 0. The molecule has 10 heteroatoms. The van der Waals surface area contributed by atoms with E-state index in [0.717, 1.165) is 36.4 Å². The molecule has 3 aliphatic rings. The van der Waals surface area contributed by atoms with Gasteiger partial charge < -0.3 is 19.3 Å². The van der Waals surface area contributed by atoms with Gasteiger partial charge in [0.05, 0.1) is 17.5 Å². The summed E-state index contributed by atoms with van der Waals surface area (Å²) in [5.41, 5.74) is -0.148. The van der Waals surface area contributed by atoms with E-state index in [9.17, 15) is 18.0 Å². The van der Waals surface area contributed by atoms with Gasteiger partial charge in [-0.1, -0.05) is 13.8 Å². The van der Waals surface area contributed by atoms with E-state index < -0.39 is 17.2 Å². The van der Waals surface area contributed by atoms with Crippen molar-refractivity contribution >= 4 is 5.91 Å². The first-order chi connectivity index (χ1) is 16.1. The van der Waals surface area contributed by atoms with E-state index in [-0.39, 0.29) is 37.0 Å². The molecular weight excluding hydrogens is 451 g/mol. The Morgan fingerprint density at radius 2 is 2.09 bits per heavy atom. The number of amides is 1. The summed E-state index contributed by atoms with van der Waals surface area (Å²) < 4.78 is 50.5. The van der Waals surface area contributed by atoms with E-state index in [2.05, 4.69) is 10.1 Å². The van der Waals surface area contributed by atoms with Crippen LogP contribution in [0.15, 0.2) is 22.7 Å². The van der Waals surface area contributed by atoms with Crippen molar-refractivity contribution in [2.45, 2.75) is 64.8 Å². The third-order valence-corrected chi connectivity index (χ3v) is 7.84. The summed E-state index contributed by atoms with van der Waals surface area (Å²) in [4.78, 5) is 17.7. The lowest BCUT2D eigenvalue weighted by Crippen LogP contribution is -2.49. The highest BCUT2D eigenvalue weighted by molar-refractivity contribution is 5.83. The van der Waals surface area contributed by atoms with Gasteiger partial charge in [0, 0.05) is 36.3 Å². The number of benzene rings is 1. The van der Waals surface area contributed by atoms with E-state index in [1.807, 2.05) is 13.8 Å². The summed E-state index contributed by atoms with van der Waals surface area (Å²) in [6, 6.07) is 3.61. The van der Waals surface area contributed by atoms with Gasteiger partial charge in [-0.25, -0.2) is 0 Å². The smallest absolute Gasteiger partial charge is 0.416 e. The van der Waals surface area contributed by atoms with Gasteiger partial charge in [-0.3, -0.25) is 9.69 Å². The molecular formula is C24H29F3N3O4+. The zero-order valence-corrected chi connectivity index (χ0v) is 19.2. The van der Waals surface area contributed by atoms with Gasteiger partial charge in [-0.15, -0.1) is 0 Å². The molecule has 3 heterocycles. The Labute approximate surface area is 195 Å². The van der Waals surface area contributed by atoms with Crippen molar-refractivity contribution in [1.29, 1.82) is 0 Å². The maximum Gasteiger partial charge on any atom is 0.416 e. The van der Waals surface area contributed by atoms with Gasteiger partial charge in [-0.05, 0) is 43.4 Å². The monoisotopic (exact) mass is 480 g/mol. The van der Waals surface area contributed by atoms with Crippen LogP contribution >= 0.6 is 0 Å². The van der Waals surface area contributed by atoms with E-state index in [1.165, 1.54) is 6.07 Å². The fourth-order valence-corrected chi connectivity index (χ4v) is 5.73. The number of aromatic nitrogens is 1. The van der Waals surface area contributed by atoms with Crippen molar-refractivity contribution in [2.24, 2.45) is 11.3 Å². The Kier molecular flexibility index (Phi) is 5.54. The quantitative estimate of drug-likeness (QED) is 0.619. The Bertz CT molecular complexity index is 1100. The normalized spacial score (nSPS) is 25.2. The molecule has 7 nitrogen and oxygen atoms in total. The third kappa shape index (κ3) is 3.81. The molecule has 2 aliphatic heterocycles. The molecule has 0 radical (unpaired) electrons. The Morgan fingerprint density at radius 3 is 2.82 bits per heavy atom. The molecule has 1 aliphatic carbocycles. The number of nitrogens with zero attached hydrogens (tertiary/aromatic N) is 3. The summed E-state index contributed by atoms with van der Waals surface area (Å²) in [6.45, 7) is 5.59. The van der Waals surface area contributed by atoms with Crippen LogP contribution in [0.1, 0.15) is 55.6 Å². The molecule has 0 spiro atoms. The van der Waals surface area contributed by atoms with Gasteiger partial charge in [0.15, 0.2) is 12.5 Å². The van der Waals surface area contributed by atoms with Gasteiger partial charge in [0.1, 0.15) is 11.3 Å². The number of alkyl halides is 3. The van der Waals surface area contributed by atoms with Crippen LogP contribution in [0, 0.1) is 11.3 Å². The molecule has 1 fully saturated rings. The van der Waals surface area contributed by atoms with Gasteiger partial charge >= 0.3 is 12.1 Å². The van der Waals surface area contributed by atoms with Crippen molar-refractivity contribution in [3.63, 3.8) is 0 Å². The minimum atomic E-state index is -4.45. The molecule has 0 saturated heterocycles. The van der Waals surface area contributed by atoms with Crippen LogP contribution in [0.3, 0.4) is 0 Å². The second kappa shape index (κ2) is 8.18. The van der Waals surface area contributed by atoms with Gasteiger partial charge in [0.2, 0.25) is 5.91 Å². The number of carbonyl (C=O) groups is 1. The number of fused-ring (bicyclic) bond motifs is 2. The van der Waals surface area contributed by atoms with Crippen molar-refractivity contribution in [1.82, 2.24) is 15.0 Å². The van der Waals surface area contributed by atoms with E-state index in [4.69, 9.17) is 14.4 Å². The first-order valence-electron chi connectivity index (χ1n) is 11.6. The highest BCUT2D eigenvalue weighted by Gasteiger charge is 2.51. The predicted octanol–water partition coefficient (Wildman–Crippen LogP) is 4.06. The Morgan fingerprint density at radius 1 is 1.29 bits per heavy atom. The zero-order valence-electron chi connectivity index (χ0n) is 19.2. The Balaban J connectivity index is 1.34. The van der Waals surface area contributed by atoms with Crippen molar-refractivity contribution < 1.29 is 32.3 Å². The van der Waals surface area contributed by atoms with Crippen LogP contribution in [0.25, 0.3) is 0 Å². The number of halogens is 3. The molecule has 1 aromatic carbocycles. The SMILES string of the molecule is CC(C)[C@]1(C(=O)N2COc3ccc(C(F)(F)F)cc3C2)CCC(N2CCc3onc([OH2+])c3C2)C1. The Hall–Kier alpha value is -2.75. The average Bonchev–Trinajstić information content (AvgIpc) is 3.42. The van der Waals surface area contributed by atoms with E-state index >= 15 is 0 Å². The van der Waals surface area contributed by atoms with Crippen LogP contribution in [0.5, 0.6) is 11.6 Å². The fourth-order valence-electron chi connectivity index (χ4n) is 5.73. The summed E-state index contributed by atoms with van der Waals surface area (Å²) in [5.74, 6) is 1.34. The largest absolute Gasteiger partial charge is 0.576 e. The standard InChI is InChI=1S/C24H28F3N3O4/c1-14(2)23(7-5-17(10-23)29-8-6-20-18(12-29)21(31)28-34-20)22(32)30-11-15-9-16(24(25,26)27)3-4-19(15)33-13-30/h3-4,9,14,17H,5-8,10-13H2,1-2H3,(H,28,31)/p+1/t17?,23-/m0/s1. The van der Waals surface area contributed by atoms with E-state index in [1.54, 1.807) is 4.90 Å². The molecule has 0 bridgehead atoms. The number of carbonyl (C=O) groups excluding carboxylic acids is 1. The molecule has 2 aromatic rings. The van der Waals surface area contributed by atoms with Crippen LogP contribution < -0.4 is 4.74 Å². The average molecular weight is 481 g/mol. The minimum absolute atomic E-state index is 0.0340. The molecule has 2 atom stereocenters. The lowest BCUT2D eigenvalue weighted by molar-refractivity contribution is -0.150. The number of ether oxygens (including phenoxy) is 1. The molecule has 184 valence electrons. The van der Waals surface area contributed by atoms with Crippen LogP contribution in [-0.4, -0.2) is 45.3 Å². The predicted molar refractivity (Wildman–Crippen MR) is 116 cm³/mol. The number of hydrogen-bond acceptors (Lipinski definition) is 5. The van der Waals surface area contributed by atoms with E-state index in [0.29, 0.717) is 37.1 Å². The highest BCUT2D eigenvalue weighted by Crippen LogP contribution is 2.49. The maximum absolute atomic E-state index is 13.8. The lowest BCUT2D eigenvalue weighted by atomic mass is 9.74. The molecule has 1 unspecified atom stereocenters.